The van der Waals surface area contributed by atoms with Crippen LogP contribution in [-0.2, 0) is 6.18 Å². The van der Waals surface area contributed by atoms with E-state index in [0.717, 1.165) is 6.07 Å². The highest BCUT2D eigenvalue weighted by molar-refractivity contribution is 6.31. The van der Waals surface area contributed by atoms with Crippen molar-refractivity contribution in [1.82, 2.24) is 10.6 Å². The molecule has 0 saturated carbocycles. The molecule has 1 atom stereocenters. The third kappa shape index (κ3) is 3.24. The Hall–Kier alpha value is -1.89. The van der Waals surface area contributed by atoms with Gasteiger partial charge in [-0.05, 0) is 36.3 Å². The monoisotopic (exact) mass is 318 g/mol. The zero-order valence-corrected chi connectivity index (χ0v) is 12.1. The molecule has 0 aliphatic carbocycles. The highest BCUT2D eigenvalue weighted by atomic mass is 35.5. The molecule has 0 aromatic heterocycles. The zero-order valence-electron chi connectivity index (χ0n) is 11.3. The Morgan fingerprint density at radius 1 is 1.38 bits per heavy atom. The summed E-state index contributed by atoms with van der Waals surface area (Å²) in [4.78, 5) is 4.17. The molecule has 1 heterocycles. The number of hydrogen-bond donors (Lipinski definition) is 3. The fourth-order valence-corrected chi connectivity index (χ4v) is 2.37. The highest BCUT2D eigenvalue weighted by Gasteiger charge is 2.34. The van der Waals surface area contributed by atoms with Crippen molar-refractivity contribution in [1.29, 1.82) is 0 Å². The Balaban J connectivity index is 2.48. The number of rotatable bonds is 2. The van der Waals surface area contributed by atoms with Crippen LogP contribution in [0, 0.1) is 6.92 Å². The molecule has 1 aromatic carbocycles. The van der Waals surface area contributed by atoms with E-state index >= 15 is 0 Å². The van der Waals surface area contributed by atoms with Crippen LogP contribution in [0.1, 0.15) is 22.7 Å². The molecule has 21 heavy (non-hydrogen) atoms. The van der Waals surface area contributed by atoms with Gasteiger partial charge in [-0.1, -0.05) is 11.6 Å². The summed E-state index contributed by atoms with van der Waals surface area (Å²) in [5.41, 5.74) is 5.83. The van der Waals surface area contributed by atoms with Crippen molar-refractivity contribution in [2.75, 3.05) is 7.05 Å². The van der Waals surface area contributed by atoms with Gasteiger partial charge in [-0.3, -0.25) is 0 Å². The van der Waals surface area contributed by atoms with Crippen LogP contribution in [0.3, 0.4) is 0 Å². The first-order valence-electron chi connectivity index (χ1n) is 6.09. The molecule has 4 N–H and O–H groups in total. The van der Waals surface area contributed by atoms with Gasteiger partial charge in [0.15, 0.2) is 5.96 Å². The van der Waals surface area contributed by atoms with Crippen molar-refractivity contribution >= 4 is 17.6 Å². The quantitative estimate of drug-likeness (QED) is 0.785. The van der Waals surface area contributed by atoms with Gasteiger partial charge < -0.3 is 16.4 Å². The lowest BCUT2D eigenvalue weighted by molar-refractivity contribution is -0.137. The summed E-state index contributed by atoms with van der Waals surface area (Å²) in [6, 6.07) is 1.82. The molecule has 114 valence electrons. The van der Waals surface area contributed by atoms with E-state index in [0.29, 0.717) is 16.9 Å². The van der Waals surface area contributed by atoms with Gasteiger partial charge in [0.2, 0.25) is 0 Å². The molecule has 0 fully saturated rings. The number of guanidine groups is 1. The minimum Gasteiger partial charge on any atom is -0.375 e. The second-order valence-electron chi connectivity index (χ2n) is 4.60. The van der Waals surface area contributed by atoms with Gasteiger partial charge in [-0.15, -0.1) is 0 Å². The predicted octanol–water partition coefficient (Wildman–Crippen LogP) is 2.69. The smallest absolute Gasteiger partial charge is 0.375 e. The molecule has 8 heteroatoms. The summed E-state index contributed by atoms with van der Waals surface area (Å²) in [6.45, 7) is 1.58. The third-order valence-electron chi connectivity index (χ3n) is 3.11. The number of halogens is 4. The first kappa shape index (κ1) is 15.5. The maximum Gasteiger partial charge on any atom is 0.417 e. The Morgan fingerprint density at radius 3 is 2.62 bits per heavy atom. The maximum atomic E-state index is 12.8. The number of aryl methyl sites for hydroxylation is 1. The lowest BCUT2D eigenvalue weighted by Crippen LogP contribution is -2.38. The van der Waals surface area contributed by atoms with Gasteiger partial charge in [-0.25, -0.2) is 4.99 Å². The second kappa shape index (κ2) is 5.48. The van der Waals surface area contributed by atoms with Crippen molar-refractivity contribution in [3.63, 3.8) is 0 Å². The largest absolute Gasteiger partial charge is 0.417 e. The summed E-state index contributed by atoms with van der Waals surface area (Å²) < 4.78 is 38.5. The molecule has 1 aliphatic heterocycles. The van der Waals surface area contributed by atoms with Crippen molar-refractivity contribution in [3.8, 4) is 0 Å². The number of alkyl halides is 3. The number of aliphatic imine (C=N–C) groups is 1. The second-order valence-corrected chi connectivity index (χ2v) is 5.01. The molecule has 4 nitrogen and oxygen atoms in total. The summed E-state index contributed by atoms with van der Waals surface area (Å²) in [5, 5.41) is 5.33. The molecule has 0 amide bonds. The SMILES string of the molecule is CNC1=CC(c2cc(Cl)c(C(F)(F)F)cc2C)N=C(N)N1. The van der Waals surface area contributed by atoms with Crippen LogP contribution in [0.25, 0.3) is 0 Å². The molecule has 1 aliphatic rings. The van der Waals surface area contributed by atoms with E-state index in [1.54, 1.807) is 20.0 Å². The van der Waals surface area contributed by atoms with Crippen molar-refractivity contribution in [3.05, 3.63) is 45.7 Å². The first-order valence-corrected chi connectivity index (χ1v) is 6.47. The Labute approximate surface area is 124 Å². The zero-order chi connectivity index (χ0) is 15.8. The maximum absolute atomic E-state index is 12.8. The van der Waals surface area contributed by atoms with Gasteiger partial charge in [-0.2, -0.15) is 13.2 Å². The minimum atomic E-state index is -4.48. The number of nitrogens with one attached hydrogen (secondary N) is 2. The van der Waals surface area contributed by atoms with Crippen LogP contribution in [0.5, 0.6) is 0 Å². The van der Waals surface area contributed by atoms with Gasteiger partial charge in [0.25, 0.3) is 0 Å². The van der Waals surface area contributed by atoms with Crippen LogP contribution in [0.2, 0.25) is 5.02 Å². The molecule has 1 aromatic rings. The predicted molar refractivity (Wildman–Crippen MR) is 75.8 cm³/mol. The van der Waals surface area contributed by atoms with Crippen LogP contribution in [0.4, 0.5) is 13.2 Å². The van der Waals surface area contributed by atoms with Gasteiger partial charge >= 0.3 is 6.18 Å². The van der Waals surface area contributed by atoms with Crippen molar-refractivity contribution in [2.24, 2.45) is 10.7 Å². The Kier molecular flexibility index (Phi) is 4.04. The van der Waals surface area contributed by atoms with Crippen molar-refractivity contribution in [2.45, 2.75) is 19.1 Å². The van der Waals surface area contributed by atoms with Gasteiger partial charge in [0, 0.05) is 7.05 Å². The fourth-order valence-electron chi connectivity index (χ4n) is 2.09. The number of hydrogen-bond acceptors (Lipinski definition) is 4. The van der Waals surface area contributed by atoms with E-state index in [2.05, 4.69) is 15.6 Å². The number of nitrogens with zero attached hydrogens (tertiary/aromatic N) is 1. The molecule has 0 bridgehead atoms. The van der Waals surface area contributed by atoms with Gasteiger partial charge in [0.05, 0.1) is 10.6 Å². The minimum absolute atomic E-state index is 0.183. The molecule has 2 rings (SSSR count). The van der Waals surface area contributed by atoms with Crippen LogP contribution >= 0.6 is 11.6 Å². The number of nitrogens with two attached hydrogens (primary N) is 1. The summed E-state index contributed by atoms with van der Waals surface area (Å²) in [6.07, 6.45) is -2.76. The third-order valence-corrected chi connectivity index (χ3v) is 3.43. The van der Waals surface area contributed by atoms with Crippen LogP contribution in [-0.4, -0.2) is 13.0 Å². The van der Waals surface area contributed by atoms with E-state index in [9.17, 15) is 13.2 Å². The molecular formula is C13H14ClF3N4. The molecule has 0 radical (unpaired) electrons. The number of benzene rings is 1. The highest BCUT2D eigenvalue weighted by Crippen LogP contribution is 2.38. The molecular weight excluding hydrogens is 305 g/mol. The van der Waals surface area contributed by atoms with E-state index in [-0.39, 0.29) is 11.0 Å². The topological polar surface area (TPSA) is 62.4 Å². The Bertz CT molecular complexity index is 623. The summed E-state index contributed by atoms with van der Waals surface area (Å²) >= 11 is 5.76. The lowest BCUT2D eigenvalue weighted by Gasteiger charge is -2.22. The van der Waals surface area contributed by atoms with Crippen molar-refractivity contribution < 1.29 is 13.2 Å². The van der Waals surface area contributed by atoms with E-state index in [4.69, 9.17) is 17.3 Å². The van der Waals surface area contributed by atoms with E-state index in [1.807, 2.05) is 0 Å². The molecule has 1 unspecified atom stereocenters. The normalized spacial score (nSPS) is 18.7. The van der Waals surface area contributed by atoms with Crippen LogP contribution in [0.15, 0.2) is 29.0 Å². The van der Waals surface area contributed by atoms with E-state index in [1.165, 1.54) is 6.07 Å². The standard InChI is InChI=1S/C13H14ClF3N4/c1-6-3-8(13(15,16)17)9(14)4-7(6)10-5-11(19-2)21-12(18)20-10/h3-5,10,19H,1-2H3,(H3,18,20,21). The average molecular weight is 319 g/mol. The summed E-state index contributed by atoms with van der Waals surface area (Å²) in [7, 11) is 1.70. The fraction of sp³-hybridized carbons (Fsp3) is 0.308. The molecule has 0 saturated heterocycles. The van der Waals surface area contributed by atoms with Crippen LogP contribution < -0.4 is 16.4 Å². The molecule has 0 spiro atoms. The Morgan fingerprint density at radius 2 is 2.05 bits per heavy atom. The van der Waals surface area contributed by atoms with Gasteiger partial charge in [0.1, 0.15) is 11.9 Å². The average Bonchev–Trinajstić information content (AvgIpc) is 2.38. The summed E-state index contributed by atoms with van der Waals surface area (Å²) in [5.74, 6) is 0.810. The first-order chi connectivity index (χ1) is 9.72. The lowest BCUT2D eigenvalue weighted by atomic mass is 9.98. The van der Waals surface area contributed by atoms with E-state index < -0.39 is 17.8 Å².